The molecule has 0 aliphatic carbocycles. The molecule has 21 heavy (non-hydrogen) atoms. The SMILES string of the molecule is O=C(CSCC(=O)N1CCOCC1)NCCc1ncn[nH]1. The first-order chi connectivity index (χ1) is 10.3. The molecular formula is C12H19N5O3S. The number of aromatic nitrogens is 3. The number of amides is 2. The van der Waals surface area contributed by atoms with Crippen molar-refractivity contribution in [2.75, 3.05) is 44.4 Å². The van der Waals surface area contributed by atoms with Crippen molar-refractivity contribution in [3.8, 4) is 0 Å². The quantitative estimate of drug-likeness (QED) is 0.673. The summed E-state index contributed by atoms with van der Waals surface area (Å²) in [4.78, 5) is 29.2. The predicted octanol–water partition coefficient (Wildman–Crippen LogP) is -0.945. The highest BCUT2D eigenvalue weighted by Gasteiger charge is 2.16. The number of thioether (sulfide) groups is 1. The van der Waals surface area contributed by atoms with E-state index in [4.69, 9.17) is 4.74 Å². The molecule has 1 fully saturated rings. The lowest BCUT2D eigenvalue weighted by Crippen LogP contribution is -2.41. The van der Waals surface area contributed by atoms with Crippen LogP contribution in [0.15, 0.2) is 6.33 Å². The first-order valence-electron chi connectivity index (χ1n) is 6.80. The summed E-state index contributed by atoms with van der Waals surface area (Å²) in [5.74, 6) is 1.35. The normalized spacial score (nSPS) is 15.0. The Morgan fingerprint density at radius 1 is 1.38 bits per heavy atom. The van der Waals surface area contributed by atoms with E-state index in [1.165, 1.54) is 18.1 Å². The Labute approximate surface area is 127 Å². The van der Waals surface area contributed by atoms with Crippen LogP contribution in [0.1, 0.15) is 5.82 Å². The summed E-state index contributed by atoms with van der Waals surface area (Å²) < 4.78 is 5.19. The van der Waals surface area contributed by atoms with Gasteiger partial charge in [0.1, 0.15) is 12.2 Å². The second-order valence-corrected chi connectivity index (χ2v) is 5.50. The molecule has 0 bridgehead atoms. The Kier molecular flexibility index (Phi) is 6.48. The molecule has 0 atom stereocenters. The van der Waals surface area contributed by atoms with E-state index < -0.39 is 0 Å². The number of nitrogens with zero attached hydrogens (tertiary/aromatic N) is 3. The second kappa shape index (κ2) is 8.63. The Balaban J connectivity index is 1.53. The molecule has 116 valence electrons. The van der Waals surface area contributed by atoms with Crippen LogP contribution in [0.5, 0.6) is 0 Å². The average molecular weight is 313 g/mol. The highest BCUT2D eigenvalue weighted by atomic mass is 32.2. The van der Waals surface area contributed by atoms with Crippen molar-refractivity contribution < 1.29 is 14.3 Å². The van der Waals surface area contributed by atoms with E-state index in [1.54, 1.807) is 4.90 Å². The molecule has 0 radical (unpaired) electrons. The molecule has 0 unspecified atom stereocenters. The summed E-state index contributed by atoms with van der Waals surface area (Å²) >= 11 is 1.33. The maximum absolute atomic E-state index is 11.8. The summed E-state index contributed by atoms with van der Waals surface area (Å²) in [5, 5.41) is 9.24. The zero-order valence-electron chi connectivity index (χ0n) is 11.7. The summed E-state index contributed by atoms with van der Waals surface area (Å²) in [5.41, 5.74) is 0. The van der Waals surface area contributed by atoms with Crippen LogP contribution in [0.2, 0.25) is 0 Å². The van der Waals surface area contributed by atoms with E-state index in [2.05, 4.69) is 20.5 Å². The molecule has 2 heterocycles. The van der Waals surface area contributed by atoms with E-state index in [-0.39, 0.29) is 17.6 Å². The lowest BCUT2D eigenvalue weighted by Gasteiger charge is -2.26. The summed E-state index contributed by atoms with van der Waals surface area (Å²) in [7, 11) is 0. The Bertz CT molecular complexity index is 448. The van der Waals surface area contributed by atoms with Gasteiger partial charge in [-0.15, -0.1) is 11.8 Å². The van der Waals surface area contributed by atoms with Gasteiger partial charge in [0.2, 0.25) is 11.8 Å². The van der Waals surface area contributed by atoms with Gasteiger partial charge < -0.3 is 15.0 Å². The lowest BCUT2D eigenvalue weighted by atomic mass is 10.4. The lowest BCUT2D eigenvalue weighted by molar-refractivity contribution is -0.132. The van der Waals surface area contributed by atoms with Crippen LogP contribution in [-0.2, 0) is 20.7 Å². The molecule has 2 amide bonds. The zero-order valence-corrected chi connectivity index (χ0v) is 12.5. The van der Waals surface area contributed by atoms with Crippen LogP contribution in [0.3, 0.4) is 0 Å². The Morgan fingerprint density at radius 2 is 2.19 bits per heavy atom. The van der Waals surface area contributed by atoms with Crippen LogP contribution in [0.4, 0.5) is 0 Å². The number of hydrogen-bond acceptors (Lipinski definition) is 6. The molecule has 2 N–H and O–H groups in total. The summed E-state index contributed by atoms with van der Waals surface area (Å²) in [6.45, 7) is 2.98. The van der Waals surface area contributed by atoms with Crippen molar-refractivity contribution in [1.29, 1.82) is 0 Å². The largest absolute Gasteiger partial charge is 0.378 e. The number of aromatic amines is 1. The minimum Gasteiger partial charge on any atom is -0.378 e. The van der Waals surface area contributed by atoms with Gasteiger partial charge >= 0.3 is 0 Å². The topological polar surface area (TPSA) is 100 Å². The third-order valence-electron chi connectivity index (χ3n) is 2.97. The first kappa shape index (κ1) is 15.8. The van der Waals surface area contributed by atoms with Gasteiger partial charge in [-0.2, -0.15) is 5.10 Å². The Hall–Kier alpha value is -1.61. The monoisotopic (exact) mass is 313 g/mol. The van der Waals surface area contributed by atoms with Gasteiger partial charge in [0.15, 0.2) is 0 Å². The smallest absolute Gasteiger partial charge is 0.232 e. The molecule has 0 aromatic carbocycles. The van der Waals surface area contributed by atoms with E-state index >= 15 is 0 Å². The van der Waals surface area contributed by atoms with Gasteiger partial charge in [-0.25, -0.2) is 4.98 Å². The van der Waals surface area contributed by atoms with Crippen molar-refractivity contribution in [1.82, 2.24) is 25.4 Å². The molecule has 2 rings (SSSR count). The second-order valence-electron chi connectivity index (χ2n) is 4.52. The fourth-order valence-corrected chi connectivity index (χ4v) is 2.60. The van der Waals surface area contributed by atoms with Crippen molar-refractivity contribution in [2.45, 2.75) is 6.42 Å². The van der Waals surface area contributed by atoms with Crippen molar-refractivity contribution >= 4 is 23.6 Å². The summed E-state index contributed by atoms with van der Waals surface area (Å²) in [6, 6.07) is 0. The molecule has 1 aliphatic rings. The Morgan fingerprint density at radius 3 is 2.90 bits per heavy atom. The number of nitrogens with one attached hydrogen (secondary N) is 2. The number of morpholine rings is 1. The molecule has 1 aromatic rings. The fourth-order valence-electron chi connectivity index (χ4n) is 1.86. The van der Waals surface area contributed by atoms with Crippen molar-refractivity contribution in [3.05, 3.63) is 12.2 Å². The van der Waals surface area contributed by atoms with Gasteiger partial charge in [-0.1, -0.05) is 0 Å². The van der Waals surface area contributed by atoms with E-state index in [0.717, 1.165) is 5.82 Å². The number of carbonyl (C=O) groups is 2. The zero-order chi connectivity index (χ0) is 14.9. The number of H-pyrrole nitrogens is 1. The van der Waals surface area contributed by atoms with Crippen molar-refractivity contribution in [3.63, 3.8) is 0 Å². The van der Waals surface area contributed by atoms with Crippen LogP contribution >= 0.6 is 11.8 Å². The maximum atomic E-state index is 11.8. The van der Waals surface area contributed by atoms with E-state index in [1.807, 2.05) is 0 Å². The molecule has 1 aromatic heterocycles. The maximum Gasteiger partial charge on any atom is 0.232 e. The minimum absolute atomic E-state index is 0.0674. The van der Waals surface area contributed by atoms with Crippen LogP contribution in [0.25, 0.3) is 0 Å². The predicted molar refractivity (Wildman–Crippen MR) is 77.8 cm³/mol. The number of ether oxygens (including phenoxy) is 1. The highest BCUT2D eigenvalue weighted by molar-refractivity contribution is 8.00. The van der Waals surface area contributed by atoms with Gasteiger partial charge in [0.05, 0.1) is 24.7 Å². The van der Waals surface area contributed by atoms with Crippen LogP contribution in [0, 0.1) is 0 Å². The minimum atomic E-state index is -0.0747. The number of rotatable bonds is 7. The van der Waals surface area contributed by atoms with Gasteiger partial charge in [-0.3, -0.25) is 14.7 Å². The molecule has 0 spiro atoms. The third kappa shape index (κ3) is 5.72. The van der Waals surface area contributed by atoms with Gasteiger partial charge in [0, 0.05) is 26.1 Å². The third-order valence-corrected chi connectivity index (χ3v) is 3.89. The highest BCUT2D eigenvalue weighted by Crippen LogP contribution is 2.05. The molecule has 0 saturated carbocycles. The fraction of sp³-hybridized carbons (Fsp3) is 0.667. The molecular weight excluding hydrogens is 294 g/mol. The standard InChI is InChI=1S/C12H19N5O3S/c18-11(13-2-1-10-14-9-15-16-10)7-21-8-12(19)17-3-5-20-6-4-17/h9H,1-8H2,(H,13,18)(H,14,15,16). The van der Waals surface area contributed by atoms with Gasteiger partial charge in [0.25, 0.3) is 0 Å². The molecule has 9 heteroatoms. The van der Waals surface area contributed by atoms with Crippen molar-refractivity contribution in [2.24, 2.45) is 0 Å². The van der Waals surface area contributed by atoms with Crippen LogP contribution in [-0.4, -0.2) is 76.2 Å². The average Bonchev–Trinajstić information content (AvgIpc) is 3.01. The van der Waals surface area contributed by atoms with Gasteiger partial charge in [-0.05, 0) is 0 Å². The van der Waals surface area contributed by atoms with E-state index in [0.29, 0.717) is 45.0 Å². The molecule has 1 aliphatic heterocycles. The molecule has 8 nitrogen and oxygen atoms in total. The first-order valence-corrected chi connectivity index (χ1v) is 7.95. The van der Waals surface area contributed by atoms with E-state index in [9.17, 15) is 9.59 Å². The van der Waals surface area contributed by atoms with Crippen LogP contribution < -0.4 is 5.32 Å². The summed E-state index contributed by atoms with van der Waals surface area (Å²) in [6.07, 6.45) is 2.05. The molecule has 1 saturated heterocycles. The number of carbonyl (C=O) groups excluding carboxylic acids is 2. The number of hydrogen-bond donors (Lipinski definition) is 2.